The van der Waals surface area contributed by atoms with E-state index in [2.05, 4.69) is 24.5 Å². The van der Waals surface area contributed by atoms with Crippen LogP contribution >= 0.6 is 0 Å². The van der Waals surface area contributed by atoms with Crippen LogP contribution in [0.2, 0.25) is 0 Å². The Bertz CT molecular complexity index is 437. The van der Waals surface area contributed by atoms with Crippen LogP contribution in [0.25, 0.3) is 0 Å². The molecular weight excluding hydrogens is 298 g/mol. The Hall–Kier alpha value is -1.63. The maximum Gasteiger partial charge on any atom is 0.247 e. The lowest BCUT2D eigenvalue weighted by Gasteiger charge is -2.20. The molecule has 0 bridgehead atoms. The molecule has 1 rings (SSSR count). The van der Waals surface area contributed by atoms with Gasteiger partial charge in [-0.2, -0.15) is 0 Å². The van der Waals surface area contributed by atoms with Gasteiger partial charge in [-0.15, -0.1) is 0 Å². The summed E-state index contributed by atoms with van der Waals surface area (Å²) in [5.41, 5.74) is 1.56. The molecule has 0 radical (unpaired) electrons. The molecule has 0 aromatic carbocycles. The highest BCUT2D eigenvalue weighted by Crippen LogP contribution is 2.38. The van der Waals surface area contributed by atoms with E-state index in [0.29, 0.717) is 25.3 Å². The summed E-state index contributed by atoms with van der Waals surface area (Å²) in [5.74, 6) is -1.24. The molecule has 132 valence electrons. The first-order valence-corrected chi connectivity index (χ1v) is 8.28. The van der Waals surface area contributed by atoms with Gasteiger partial charge in [0.25, 0.3) is 0 Å². The van der Waals surface area contributed by atoms with Crippen molar-refractivity contribution in [1.82, 2.24) is 16.1 Å². The highest BCUT2D eigenvalue weighted by Gasteiger charge is 2.48. The fraction of sp³-hybridized carbons (Fsp3) is 0.812. The zero-order chi connectivity index (χ0) is 17.6. The van der Waals surface area contributed by atoms with Gasteiger partial charge in [0, 0.05) is 6.54 Å². The minimum absolute atomic E-state index is 0.184. The van der Waals surface area contributed by atoms with Crippen LogP contribution in [0, 0.1) is 23.7 Å². The Morgan fingerprint density at radius 3 is 2.17 bits per heavy atom. The lowest BCUT2D eigenvalue weighted by molar-refractivity contribution is -0.133. The predicted octanol–water partition coefficient (Wildman–Crippen LogP) is 0.821. The second-order valence-corrected chi connectivity index (χ2v) is 7.09. The van der Waals surface area contributed by atoms with Gasteiger partial charge in [0.1, 0.15) is 6.04 Å². The first-order chi connectivity index (χ1) is 10.8. The second-order valence-electron chi connectivity index (χ2n) is 7.09. The summed E-state index contributed by atoms with van der Waals surface area (Å²) in [6.07, 6.45) is 1.83. The van der Waals surface area contributed by atoms with E-state index in [9.17, 15) is 14.4 Å². The molecular formula is C16H29N3O4. The first kappa shape index (κ1) is 19.4. The van der Waals surface area contributed by atoms with Gasteiger partial charge in [0.15, 0.2) is 0 Å². The number of nitrogens with one attached hydrogen (secondary N) is 3. The topological polar surface area (TPSA) is 108 Å². The largest absolute Gasteiger partial charge is 0.354 e. The lowest BCUT2D eigenvalue weighted by atomic mass is 10.0. The lowest BCUT2D eigenvalue weighted by Crippen LogP contribution is -2.48. The molecule has 1 saturated carbocycles. The van der Waals surface area contributed by atoms with Crippen LogP contribution in [0.3, 0.4) is 0 Å². The fourth-order valence-electron chi connectivity index (χ4n) is 2.45. The third-order valence-corrected chi connectivity index (χ3v) is 3.94. The number of amides is 3. The molecule has 0 spiro atoms. The van der Waals surface area contributed by atoms with Crippen molar-refractivity contribution in [1.29, 1.82) is 0 Å². The van der Waals surface area contributed by atoms with E-state index < -0.39 is 23.8 Å². The van der Waals surface area contributed by atoms with Gasteiger partial charge in [-0.05, 0) is 31.1 Å². The van der Waals surface area contributed by atoms with E-state index in [0.717, 1.165) is 6.42 Å². The van der Waals surface area contributed by atoms with Crippen molar-refractivity contribution in [2.24, 2.45) is 23.7 Å². The summed E-state index contributed by atoms with van der Waals surface area (Å²) in [6.45, 7) is 8.72. The molecule has 1 fully saturated rings. The van der Waals surface area contributed by atoms with E-state index in [1.165, 1.54) is 0 Å². The van der Waals surface area contributed by atoms with Crippen LogP contribution < -0.4 is 16.1 Å². The molecule has 0 unspecified atom stereocenters. The summed E-state index contributed by atoms with van der Waals surface area (Å²) in [7, 11) is 0. The average Bonchev–Trinajstić information content (AvgIpc) is 3.25. The molecule has 1 aliphatic rings. The van der Waals surface area contributed by atoms with Gasteiger partial charge in [-0.1, -0.05) is 27.7 Å². The number of hydroxylamine groups is 1. The van der Waals surface area contributed by atoms with E-state index >= 15 is 0 Å². The zero-order valence-electron chi connectivity index (χ0n) is 14.4. The van der Waals surface area contributed by atoms with Crippen molar-refractivity contribution < 1.29 is 19.6 Å². The molecule has 23 heavy (non-hydrogen) atoms. The van der Waals surface area contributed by atoms with Crippen LogP contribution in [-0.4, -0.2) is 35.5 Å². The Balaban J connectivity index is 2.52. The minimum atomic E-state index is -0.590. The molecule has 0 aliphatic heterocycles. The summed E-state index contributed by atoms with van der Waals surface area (Å²) >= 11 is 0. The Kier molecular flexibility index (Phi) is 7.48. The van der Waals surface area contributed by atoms with E-state index in [1.54, 1.807) is 5.48 Å². The molecule has 3 amide bonds. The standard InChI is InChI=1S/C16H29N3O4/c1-9(2)5-6-17-16(22)13(7-10(3)4)18-14(20)11-8-12(11)15(21)19-23/h9-13,23H,5-8H2,1-4H3,(H,17,22)(H,18,20)(H,19,21)/t11-,12-,13-/m0/s1. The highest BCUT2D eigenvalue weighted by molar-refractivity contribution is 5.94. The van der Waals surface area contributed by atoms with E-state index in [1.807, 2.05) is 13.8 Å². The van der Waals surface area contributed by atoms with Gasteiger partial charge in [0.05, 0.1) is 11.8 Å². The van der Waals surface area contributed by atoms with Crippen LogP contribution in [0.15, 0.2) is 0 Å². The Labute approximate surface area is 137 Å². The summed E-state index contributed by atoms with van der Waals surface area (Å²) in [4.78, 5) is 35.7. The number of carbonyl (C=O) groups excluding carboxylic acids is 3. The molecule has 0 saturated heterocycles. The third-order valence-electron chi connectivity index (χ3n) is 3.94. The van der Waals surface area contributed by atoms with Crippen LogP contribution in [0.1, 0.15) is 47.0 Å². The fourth-order valence-corrected chi connectivity index (χ4v) is 2.45. The van der Waals surface area contributed by atoms with Crippen molar-refractivity contribution in [2.45, 2.75) is 53.0 Å². The minimum Gasteiger partial charge on any atom is -0.354 e. The molecule has 0 aromatic rings. The molecule has 7 heteroatoms. The summed E-state index contributed by atoms with van der Waals surface area (Å²) in [5, 5.41) is 14.2. The second kappa shape index (κ2) is 8.86. The SMILES string of the molecule is CC(C)CCNC(=O)[C@H](CC(C)C)NC(=O)[C@H]1C[C@@H]1C(=O)NO. The van der Waals surface area contributed by atoms with Gasteiger partial charge >= 0.3 is 0 Å². The zero-order valence-corrected chi connectivity index (χ0v) is 14.4. The van der Waals surface area contributed by atoms with Gasteiger partial charge < -0.3 is 10.6 Å². The number of carbonyl (C=O) groups is 3. The van der Waals surface area contributed by atoms with Crippen LogP contribution in [0.4, 0.5) is 0 Å². The van der Waals surface area contributed by atoms with E-state index in [-0.39, 0.29) is 17.7 Å². The molecule has 4 N–H and O–H groups in total. The van der Waals surface area contributed by atoms with E-state index in [4.69, 9.17) is 5.21 Å². The number of hydrogen-bond acceptors (Lipinski definition) is 4. The molecule has 0 heterocycles. The van der Waals surface area contributed by atoms with Crippen molar-refractivity contribution in [2.75, 3.05) is 6.54 Å². The molecule has 3 atom stereocenters. The normalized spacial score (nSPS) is 21.0. The van der Waals surface area contributed by atoms with Gasteiger partial charge in [-0.25, -0.2) is 5.48 Å². The molecule has 7 nitrogen and oxygen atoms in total. The quantitative estimate of drug-likeness (QED) is 0.371. The van der Waals surface area contributed by atoms with Crippen molar-refractivity contribution in [3.05, 3.63) is 0 Å². The summed E-state index contributed by atoms with van der Waals surface area (Å²) in [6, 6.07) is -0.590. The van der Waals surface area contributed by atoms with Gasteiger partial charge in [-0.3, -0.25) is 19.6 Å². The molecule has 1 aliphatic carbocycles. The third kappa shape index (κ3) is 6.56. The Morgan fingerprint density at radius 2 is 1.65 bits per heavy atom. The highest BCUT2D eigenvalue weighted by atomic mass is 16.5. The van der Waals surface area contributed by atoms with Crippen molar-refractivity contribution in [3.63, 3.8) is 0 Å². The van der Waals surface area contributed by atoms with Crippen molar-refractivity contribution >= 4 is 17.7 Å². The predicted molar refractivity (Wildman–Crippen MR) is 85.4 cm³/mol. The van der Waals surface area contributed by atoms with Crippen LogP contribution in [-0.2, 0) is 14.4 Å². The van der Waals surface area contributed by atoms with Gasteiger partial charge in [0.2, 0.25) is 17.7 Å². The maximum atomic E-state index is 12.3. The number of rotatable bonds is 9. The first-order valence-electron chi connectivity index (χ1n) is 8.28. The Morgan fingerprint density at radius 1 is 1.04 bits per heavy atom. The molecule has 0 aromatic heterocycles. The average molecular weight is 327 g/mol. The van der Waals surface area contributed by atoms with Crippen molar-refractivity contribution in [3.8, 4) is 0 Å². The number of hydrogen-bond donors (Lipinski definition) is 4. The monoisotopic (exact) mass is 327 g/mol. The maximum absolute atomic E-state index is 12.3. The smallest absolute Gasteiger partial charge is 0.247 e. The van der Waals surface area contributed by atoms with Crippen LogP contribution in [0.5, 0.6) is 0 Å². The summed E-state index contributed by atoms with van der Waals surface area (Å²) < 4.78 is 0.